The molecule has 1 aliphatic rings. The lowest BCUT2D eigenvalue weighted by molar-refractivity contribution is 0.303. The summed E-state index contributed by atoms with van der Waals surface area (Å²) in [6.45, 7) is 2.44. The van der Waals surface area contributed by atoms with Crippen LogP contribution in [0.5, 0.6) is 5.75 Å². The average Bonchev–Trinajstić information content (AvgIpc) is 2.41. The van der Waals surface area contributed by atoms with Crippen LogP contribution >= 0.6 is 31.9 Å². The van der Waals surface area contributed by atoms with E-state index >= 15 is 0 Å². The Hall–Kier alpha value is -1.07. The normalized spacial score (nSPS) is 13.9. The minimum atomic E-state index is 0.682. The Kier molecular flexibility index (Phi) is 3.75. The first-order chi connectivity index (χ1) is 9.24. The van der Waals surface area contributed by atoms with Gasteiger partial charge in [-0.15, -0.1) is 0 Å². The van der Waals surface area contributed by atoms with E-state index in [1.165, 1.54) is 5.56 Å². The average molecular weight is 384 g/mol. The first-order valence-electron chi connectivity index (χ1n) is 6.02. The Morgan fingerprint density at radius 3 is 2.79 bits per heavy atom. The maximum atomic E-state index is 5.71. The van der Waals surface area contributed by atoms with E-state index in [1.54, 1.807) is 0 Å². The molecule has 2 aromatic rings. The third-order valence-corrected chi connectivity index (χ3v) is 3.99. The Balaban J connectivity index is 1.94. The molecule has 3 nitrogen and oxygen atoms in total. The highest BCUT2D eigenvalue weighted by molar-refractivity contribution is 9.11. The molecule has 1 aliphatic heterocycles. The van der Waals surface area contributed by atoms with Gasteiger partial charge in [-0.3, -0.25) is 0 Å². The quantitative estimate of drug-likeness (QED) is 0.732. The monoisotopic (exact) mass is 382 g/mol. The lowest BCUT2D eigenvalue weighted by Gasteiger charge is -2.31. The molecule has 3 rings (SSSR count). The molecular formula is C14H12Br2N2O. The van der Waals surface area contributed by atoms with Gasteiger partial charge in [-0.1, -0.05) is 30.3 Å². The van der Waals surface area contributed by atoms with E-state index in [4.69, 9.17) is 4.74 Å². The van der Waals surface area contributed by atoms with Crippen molar-refractivity contribution in [3.05, 3.63) is 51.2 Å². The van der Waals surface area contributed by atoms with Crippen molar-refractivity contribution in [2.24, 2.45) is 0 Å². The number of hydrogen-bond acceptors (Lipinski definition) is 3. The van der Waals surface area contributed by atoms with E-state index in [-0.39, 0.29) is 0 Å². The fourth-order valence-electron chi connectivity index (χ4n) is 2.18. The molecule has 0 radical (unpaired) electrons. The van der Waals surface area contributed by atoms with Gasteiger partial charge in [-0.05, 0) is 43.5 Å². The summed E-state index contributed by atoms with van der Waals surface area (Å²) in [5, 5.41) is 0. The van der Waals surface area contributed by atoms with Crippen LogP contribution in [-0.4, -0.2) is 18.1 Å². The number of nitrogens with zero attached hydrogens (tertiary/aromatic N) is 2. The SMILES string of the molecule is Brc1cc2c(c(Br)n1)OCCN2Cc1ccccc1. The van der Waals surface area contributed by atoms with Crippen molar-refractivity contribution < 1.29 is 4.74 Å². The third kappa shape index (κ3) is 2.77. The zero-order chi connectivity index (χ0) is 13.2. The fraction of sp³-hybridized carbons (Fsp3) is 0.214. The van der Waals surface area contributed by atoms with E-state index in [0.717, 1.165) is 33.7 Å². The van der Waals surface area contributed by atoms with Crippen molar-refractivity contribution in [3.63, 3.8) is 0 Å². The van der Waals surface area contributed by atoms with Crippen molar-refractivity contribution in [3.8, 4) is 5.75 Å². The Labute approximate surface area is 128 Å². The number of benzene rings is 1. The van der Waals surface area contributed by atoms with Gasteiger partial charge in [-0.2, -0.15) is 0 Å². The highest BCUT2D eigenvalue weighted by Gasteiger charge is 2.22. The molecule has 0 unspecified atom stereocenters. The number of hydrogen-bond donors (Lipinski definition) is 0. The van der Waals surface area contributed by atoms with Crippen molar-refractivity contribution in [1.82, 2.24) is 4.98 Å². The number of pyridine rings is 1. The summed E-state index contributed by atoms with van der Waals surface area (Å²) in [6, 6.07) is 12.4. The Morgan fingerprint density at radius 2 is 2.00 bits per heavy atom. The summed E-state index contributed by atoms with van der Waals surface area (Å²) >= 11 is 6.88. The number of aromatic nitrogens is 1. The van der Waals surface area contributed by atoms with Crippen LogP contribution in [0.4, 0.5) is 5.69 Å². The molecule has 2 heterocycles. The number of ether oxygens (including phenoxy) is 1. The van der Waals surface area contributed by atoms with Gasteiger partial charge in [0.1, 0.15) is 11.2 Å². The van der Waals surface area contributed by atoms with Crippen LogP contribution in [0.1, 0.15) is 5.56 Å². The maximum Gasteiger partial charge on any atom is 0.175 e. The van der Waals surface area contributed by atoms with Crippen LogP contribution in [0.3, 0.4) is 0 Å². The second kappa shape index (κ2) is 5.51. The van der Waals surface area contributed by atoms with Crippen molar-refractivity contribution >= 4 is 37.5 Å². The van der Waals surface area contributed by atoms with Gasteiger partial charge in [0, 0.05) is 6.54 Å². The van der Waals surface area contributed by atoms with Crippen LogP contribution in [0, 0.1) is 0 Å². The molecule has 0 spiro atoms. The molecule has 5 heteroatoms. The van der Waals surface area contributed by atoms with Gasteiger partial charge in [0.2, 0.25) is 0 Å². The summed E-state index contributed by atoms with van der Waals surface area (Å²) in [7, 11) is 0. The van der Waals surface area contributed by atoms with Crippen LogP contribution in [0.2, 0.25) is 0 Å². The summed E-state index contributed by atoms with van der Waals surface area (Å²) in [5.74, 6) is 0.824. The summed E-state index contributed by atoms with van der Waals surface area (Å²) < 4.78 is 7.26. The summed E-state index contributed by atoms with van der Waals surface area (Å²) in [6.07, 6.45) is 0. The van der Waals surface area contributed by atoms with E-state index in [9.17, 15) is 0 Å². The van der Waals surface area contributed by atoms with Crippen LogP contribution in [-0.2, 0) is 6.54 Å². The van der Waals surface area contributed by atoms with Gasteiger partial charge in [0.15, 0.2) is 10.4 Å². The van der Waals surface area contributed by atoms with E-state index < -0.39 is 0 Å². The molecule has 19 heavy (non-hydrogen) atoms. The number of fused-ring (bicyclic) bond motifs is 1. The molecule has 0 N–H and O–H groups in total. The number of halogens is 2. The number of anilines is 1. The van der Waals surface area contributed by atoms with Crippen molar-refractivity contribution in [2.75, 3.05) is 18.1 Å². The van der Waals surface area contributed by atoms with Gasteiger partial charge < -0.3 is 9.64 Å². The molecule has 1 aromatic carbocycles. The number of rotatable bonds is 2. The van der Waals surface area contributed by atoms with Crippen LogP contribution < -0.4 is 9.64 Å². The van der Waals surface area contributed by atoms with E-state index in [2.05, 4.69) is 66.0 Å². The maximum absolute atomic E-state index is 5.71. The van der Waals surface area contributed by atoms with Crippen molar-refractivity contribution in [2.45, 2.75) is 6.54 Å². The van der Waals surface area contributed by atoms with Gasteiger partial charge in [0.25, 0.3) is 0 Å². The second-order valence-corrected chi connectivity index (χ2v) is 5.90. The molecule has 1 aromatic heterocycles. The van der Waals surface area contributed by atoms with E-state index in [0.29, 0.717) is 6.61 Å². The molecule has 0 atom stereocenters. The topological polar surface area (TPSA) is 25.4 Å². The first kappa shape index (κ1) is 12.9. The Bertz CT molecular complexity index is 589. The molecular weight excluding hydrogens is 372 g/mol. The van der Waals surface area contributed by atoms with Crippen molar-refractivity contribution in [1.29, 1.82) is 0 Å². The van der Waals surface area contributed by atoms with Gasteiger partial charge in [0.05, 0.1) is 12.2 Å². The predicted octanol–water partition coefficient (Wildman–Crippen LogP) is 4.01. The lowest BCUT2D eigenvalue weighted by atomic mass is 10.2. The zero-order valence-electron chi connectivity index (χ0n) is 10.1. The highest BCUT2D eigenvalue weighted by atomic mass is 79.9. The van der Waals surface area contributed by atoms with Gasteiger partial charge >= 0.3 is 0 Å². The molecule has 98 valence electrons. The van der Waals surface area contributed by atoms with Gasteiger partial charge in [-0.25, -0.2) is 4.98 Å². The molecule has 0 saturated heterocycles. The highest BCUT2D eigenvalue weighted by Crippen LogP contribution is 2.39. The molecule has 0 saturated carbocycles. The Morgan fingerprint density at radius 1 is 1.21 bits per heavy atom. The molecule has 0 aliphatic carbocycles. The summed E-state index contributed by atoms with van der Waals surface area (Å²) in [5.41, 5.74) is 2.36. The van der Waals surface area contributed by atoms with Crippen LogP contribution in [0.15, 0.2) is 45.6 Å². The van der Waals surface area contributed by atoms with E-state index in [1.807, 2.05) is 12.1 Å². The largest absolute Gasteiger partial charge is 0.487 e. The molecule has 0 amide bonds. The first-order valence-corrected chi connectivity index (χ1v) is 7.60. The van der Waals surface area contributed by atoms with Crippen LogP contribution in [0.25, 0.3) is 0 Å². The third-order valence-electron chi connectivity index (χ3n) is 3.05. The predicted molar refractivity (Wildman–Crippen MR) is 82.6 cm³/mol. The standard InChI is InChI=1S/C14H12Br2N2O/c15-12-8-11-13(14(16)17-12)19-7-6-18(11)9-10-4-2-1-3-5-10/h1-5,8H,6-7,9H2. The smallest absolute Gasteiger partial charge is 0.175 e. The lowest BCUT2D eigenvalue weighted by Crippen LogP contribution is -2.32. The fourth-order valence-corrected chi connectivity index (χ4v) is 3.32. The summed E-state index contributed by atoms with van der Waals surface area (Å²) in [4.78, 5) is 6.62. The minimum Gasteiger partial charge on any atom is -0.487 e. The minimum absolute atomic E-state index is 0.682. The second-order valence-electron chi connectivity index (χ2n) is 4.34. The molecule has 0 bridgehead atoms. The zero-order valence-corrected chi connectivity index (χ0v) is 13.3. The molecule has 0 fully saturated rings.